The van der Waals surface area contributed by atoms with Gasteiger partial charge in [0.1, 0.15) is 6.23 Å². The Balaban J connectivity index is 1.51. The molecular weight excluding hydrogens is 338 g/mol. The molecule has 1 unspecified atom stereocenters. The lowest BCUT2D eigenvalue weighted by Gasteiger charge is -2.54. The number of ether oxygens (including phenoxy) is 1. The van der Waals surface area contributed by atoms with Gasteiger partial charge in [0, 0.05) is 36.9 Å². The number of carbonyl (C=O) groups is 1. The molecule has 4 aliphatic rings. The SMILES string of the molecule is CCN1CCC2(CC1)CC(=O)NC2O[C@@]12CCCC[C@@H]1CN(C(C)C)CC2. The predicted octanol–water partition coefficient (Wildman–Crippen LogP) is 2.99. The Morgan fingerprint density at radius 3 is 2.63 bits per heavy atom. The molecule has 0 aromatic rings. The van der Waals surface area contributed by atoms with Gasteiger partial charge in [0.05, 0.1) is 5.60 Å². The Morgan fingerprint density at radius 1 is 1.15 bits per heavy atom. The van der Waals surface area contributed by atoms with Crippen molar-refractivity contribution in [1.82, 2.24) is 15.1 Å². The van der Waals surface area contributed by atoms with Crippen molar-refractivity contribution in [2.45, 2.75) is 90.0 Å². The Hall–Kier alpha value is -0.650. The molecule has 0 aromatic carbocycles. The van der Waals surface area contributed by atoms with Gasteiger partial charge in [0.25, 0.3) is 0 Å². The molecule has 5 nitrogen and oxygen atoms in total. The first kappa shape index (κ1) is 19.7. The van der Waals surface area contributed by atoms with E-state index in [1.54, 1.807) is 0 Å². The highest BCUT2D eigenvalue weighted by Gasteiger charge is 2.54. The number of fused-ring (bicyclic) bond motifs is 1. The Kier molecular flexibility index (Phi) is 5.56. The van der Waals surface area contributed by atoms with E-state index in [4.69, 9.17) is 4.74 Å². The fourth-order valence-electron chi connectivity index (χ4n) is 6.16. The number of hydrogen-bond acceptors (Lipinski definition) is 4. The van der Waals surface area contributed by atoms with Gasteiger partial charge in [-0.2, -0.15) is 0 Å². The molecule has 5 heteroatoms. The van der Waals surface area contributed by atoms with Gasteiger partial charge >= 0.3 is 0 Å². The third kappa shape index (κ3) is 3.67. The van der Waals surface area contributed by atoms with Crippen LogP contribution in [0.15, 0.2) is 0 Å². The van der Waals surface area contributed by atoms with Gasteiger partial charge in [-0.3, -0.25) is 4.79 Å². The molecule has 0 radical (unpaired) electrons. The highest BCUT2D eigenvalue weighted by atomic mass is 16.5. The van der Waals surface area contributed by atoms with E-state index in [2.05, 4.69) is 35.9 Å². The minimum atomic E-state index is -0.0739. The van der Waals surface area contributed by atoms with Gasteiger partial charge in [-0.25, -0.2) is 0 Å². The molecule has 1 amide bonds. The lowest BCUT2D eigenvalue weighted by atomic mass is 9.70. The van der Waals surface area contributed by atoms with Crippen LogP contribution in [0.25, 0.3) is 0 Å². The number of likely N-dealkylation sites (tertiary alicyclic amines) is 2. The van der Waals surface area contributed by atoms with Crippen LogP contribution in [0.1, 0.15) is 72.1 Å². The Morgan fingerprint density at radius 2 is 1.93 bits per heavy atom. The molecule has 1 spiro atoms. The average molecular weight is 378 g/mol. The van der Waals surface area contributed by atoms with E-state index in [-0.39, 0.29) is 23.2 Å². The maximum absolute atomic E-state index is 12.4. The van der Waals surface area contributed by atoms with Gasteiger partial charge < -0.3 is 19.9 Å². The largest absolute Gasteiger partial charge is 0.351 e. The number of nitrogens with one attached hydrogen (secondary N) is 1. The van der Waals surface area contributed by atoms with E-state index in [0.29, 0.717) is 18.4 Å². The maximum Gasteiger partial charge on any atom is 0.222 e. The van der Waals surface area contributed by atoms with Crippen molar-refractivity contribution in [2.24, 2.45) is 11.3 Å². The van der Waals surface area contributed by atoms with Crippen LogP contribution in [-0.2, 0) is 9.53 Å². The second kappa shape index (κ2) is 7.64. The van der Waals surface area contributed by atoms with E-state index < -0.39 is 0 Å². The van der Waals surface area contributed by atoms with Crippen LogP contribution < -0.4 is 5.32 Å². The van der Waals surface area contributed by atoms with Gasteiger partial charge in [0.15, 0.2) is 0 Å². The van der Waals surface area contributed by atoms with Crippen LogP contribution in [0.2, 0.25) is 0 Å². The van der Waals surface area contributed by atoms with Crippen molar-refractivity contribution in [3.05, 3.63) is 0 Å². The fourth-order valence-corrected chi connectivity index (χ4v) is 6.16. The van der Waals surface area contributed by atoms with Crippen LogP contribution in [0.5, 0.6) is 0 Å². The summed E-state index contributed by atoms with van der Waals surface area (Å²) >= 11 is 0. The topological polar surface area (TPSA) is 44.8 Å². The van der Waals surface area contributed by atoms with Crippen LogP contribution in [0, 0.1) is 11.3 Å². The predicted molar refractivity (Wildman–Crippen MR) is 107 cm³/mol. The van der Waals surface area contributed by atoms with Gasteiger partial charge in [-0.1, -0.05) is 19.8 Å². The maximum atomic E-state index is 12.4. The first-order valence-corrected chi connectivity index (χ1v) is 11.4. The summed E-state index contributed by atoms with van der Waals surface area (Å²) in [6.07, 6.45) is 8.94. The summed E-state index contributed by atoms with van der Waals surface area (Å²) in [7, 11) is 0. The summed E-state index contributed by atoms with van der Waals surface area (Å²) in [5.74, 6) is 0.820. The van der Waals surface area contributed by atoms with Crippen molar-refractivity contribution in [3.8, 4) is 0 Å². The van der Waals surface area contributed by atoms with Gasteiger partial charge in [0.2, 0.25) is 5.91 Å². The molecule has 154 valence electrons. The summed E-state index contributed by atoms with van der Waals surface area (Å²) < 4.78 is 7.03. The zero-order valence-corrected chi connectivity index (χ0v) is 17.6. The Bertz CT molecular complexity index is 544. The number of nitrogens with zero attached hydrogens (tertiary/aromatic N) is 2. The second-order valence-corrected chi connectivity index (χ2v) is 9.88. The van der Waals surface area contributed by atoms with Gasteiger partial charge in [-0.15, -0.1) is 0 Å². The van der Waals surface area contributed by atoms with Crippen LogP contribution >= 0.6 is 0 Å². The van der Waals surface area contributed by atoms with E-state index >= 15 is 0 Å². The summed E-state index contributed by atoms with van der Waals surface area (Å²) in [5.41, 5.74) is 0.00942. The quantitative estimate of drug-likeness (QED) is 0.818. The zero-order valence-electron chi connectivity index (χ0n) is 17.6. The van der Waals surface area contributed by atoms with Crippen molar-refractivity contribution in [3.63, 3.8) is 0 Å². The molecule has 3 saturated heterocycles. The van der Waals surface area contributed by atoms with Crippen LogP contribution in [-0.4, -0.2) is 66.3 Å². The lowest BCUT2D eigenvalue weighted by molar-refractivity contribution is -0.207. The summed E-state index contributed by atoms with van der Waals surface area (Å²) in [6.45, 7) is 12.5. The molecule has 1 saturated carbocycles. The molecule has 27 heavy (non-hydrogen) atoms. The Labute approximate surface area is 165 Å². The number of hydrogen-bond donors (Lipinski definition) is 1. The van der Waals surface area contributed by atoms with Crippen molar-refractivity contribution >= 4 is 5.91 Å². The first-order chi connectivity index (χ1) is 13.0. The van der Waals surface area contributed by atoms with E-state index in [9.17, 15) is 4.79 Å². The second-order valence-electron chi connectivity index (χ2n) is 9.88. The molecule has 1 aliphatic carbocycles. The minimum absolute atomic E-state index is 0.0131. The number of piperidine rings is 2. The fraction of sp³-hybridized carbons (Fsp3) is 0.955. The normalized spacial score (nSPS) is 37.6. The molecule has 3 aliphatic heterocycles. The number of carbonyl (C=O) groups excluding carboxylic acids is 1. The molecule has 1 N–H and O–H groups in total. The smallest absolute Gasteiger partial charge is 0.222 e. The third-order valence-corrected chi connectivity index (χ3v) is 8.17. The van der Waals surface area contributed by atoms with Crippen molar-refractivity contribution < 1.29 is 9.53 Å². The van der Waals surface area contributed by atoms with Gasteiger partial charge in [-0.05, 0) is 65.6 Å². The lowest BCUT2D eigenvalue weighted by Crippen LogP contribution is -2.60. The monoisotopic (exact) mass is 377 g/mol. The molecular formula is C22H39N3O2. The van der Waals surface area contributed by atoms with E-state index in [1.165, 1.54) is 25.7 Å². The average Bonchev–Trinajstić information content (AvgIpc) is 2.96. The molecule has 3 atom stereocenters. The summed E-state index contributed by atoms with van der Waals surface area (Å²) in [6, 6.07) is 0.612. The molecule has 3 heterocycles. The van der Waals surface area contributed by atoms with E-state index in [1.807, 2.05) is 0 Å². The third-order valence-electron chi connectivity index (χ3n) is 8.17. The minimum Gasteiger partial charge on any atom is -0.351 e. The van der Waals surface area contributed by atoms with Crippen molar-refractivity contribution in [1.29, 1.82) is 0 Å². The first-order valence-electron chi connectivity index (χ1n) is 11.4. The summed E-state index contributed by atoms with van der Waals surface area (Å²) in [5, 5.41) is 3.26. The molecule has 0 aromatic heterocycles. The summed E-state index contributed by atoms with van der Waals surface area (Å²) in [4.78, 5) is 17.5. The highest BCUT2D eigenvalue weighted by molar-refractivity contribution is 5.79. The van der Waals surface area contributed by atoms with E-state index in [0.717, 1.165) is 52.0 Å². The number of rotatable bonds is 4. The zero-order chi connectivity index (χ0) is 19.1. The molecule has 0 bridgehead atoms. The molecule has 4 rings (SSSR count). The standard InChI is InChI=1S/C22H39N3O2/c1-4-24-12-9-21(10-13-24)15-19(26)23-20(21)27-22-8-6-5-7-18(22)16-25(14-11-22)17(2)3/h17-18,20H,4-16H2,1-3H3,(H,23,26)/t18-,20?,22-/m1/s1. The van der Waals surface area contributed by atoms with Crippen LogP contribution in [0.3, 0.4) is 0 Å². The highest BCUT2D eigenvalue weighted by Crippen LogP contribution is 2.49. The van der Waals surface area contributed by atoms with Crippen molar-refractivity contribution in [2.75, 3.05) is 32.7 Å². The number of amides is 1. The van der Waals surface area contributed by atoms with Crippen LogP contribution in [0.4, 0.5) is 0 Å². The molecule has 4 fully saturated rings.